The summed E-state index contributed by atoms with van der Waals surface area (Å²) in [6, 6.07) is 8.74. The second-order valence-corrected chi connectivity index (χ2v) is 6.80. The van der Waals surface area contributed by atoms with Gasteiger partial charge in [-0.2, -0.15) is 15.5 Å². The van der Waals surface area contributed by atoms with Gasteiger partial charge in [-0.25, -0.2) is 4.98 Å². The highest BCUT2D eigenvalue weighted by molar-refractivity contribution is 6.14. The maximum absolute atomic E-state index is 9.28. The van der Waals surface area contributed by atoms with Gasteiger partial charge in [-0.15, -0.1) is 0 Å². The molecule has 8 nitrogen and oxygen atoms in total. The third-order valence-electron chi connectivity index (χ3n) is 4.74. The van der Waals surface area contributed by atoms with Gasteiger partial charge in [0.15, 0.2) is 0 Å². The van der Waals surface area contributed by atoms with Crippen LogP contribution in [0.2, 0.25) is 0 Å². The number of aryl methyl sites for hydroxylation is 2. The van der Waals surface area contributed by atoms with Crippen molar-refractivity contribution in [2.45, 2.75) is 26.9 Å². The van der Waals surface area contributed by atoms with Crippen LogP contribution >= 0.6 is 0 Å². The fourth-order valence-electron chi connectivity index (χ4n) is 3.30. The van der Waals surface area contributed by atoms with E-state index in [2.05, 4.69) is 15.2 Å². The number of ether oxygens (including phenoxy) is 2. The van der Waals surface area contributed by atoms with Gasteiger partial charge in [0.25, 0.3) is 0 Å². The predicted octanol–water partition coefficient (Wildman–Crippen LogP) is 3.51. The minimum atomic E-state index is -0.265. The highest BCUT2D eigenvalue weighted by Gasteiger charge is 2.17. The average molecular weight is 402 g/mol. The molecule has 2 heterocycles. The smallest absolute Gasteiger partial charge is 0.231 e. The summed E-state index contributed by atoms with van der Waals surface area (Å²) in [5, 5.41) is 25.9. The largest absolute Gasteiger partial charge is 0.486 e. The molecule has 3 N–H and O–H groups in total. The number of nitrogens with one attached hydrogen (secondary N) is 1. The van der Waals surface area contributed by atoms with Gasteiger partial charge in [-0.1, -0.05) is 0 Å². The molecule has 0 aliphatic rings. The minimum absolute atomic E-state index is 0.134. The van der Waals surface area contributed by atoms with E-state index in [1.807, 2.05) is 26.8 Å². The summed E-state index contributed by atoms with van der Waals surface area (Å²) in [5.41, 5.74) is 10.6. The van der Waals surface area contributed by atoms with Gasteiger partial charge in [0.2, 0.25) is 5.88 Å². The van der Waals surface area contributed by atoms with Crippen LogP contribution in [0.1, 0.15) is 46.5 Å². The first-order valence-electron chi connectivity index (χ1n) is 9.24. The Morgan fingerprint density at radius 1 is 1.23 bits per heavy atom. The zero-order valence-electron chi connectivity index (χ0n) is 17.2. The minimum Gasteiger partial charge on any atom is -0.486 e. The molecule has 0 radical (unpaired) electrons. The zero-order valence-corrected chi connectivity index (χ0v) is 17.2. The van der Waals surface area contributed by atoms with Crippen molar-refractivity contribution in [3.63, 3.8) is 0 Å². The number of nitrogen functional groups attached to an aromatic ring is 1. The van der Waals surface area contributed by atoms with Crippen molar-refractivity contribution in [1.29, 1.82) is 10.7 Å². The summed E-state index contributed by atoms with van der Waals surface area (Å²) in [6.07, 6.45) is 2.92. The summed E-state index contributed by atoms with van der Waals surface area (Å²) < 4.78 is 11.2. The monoisotopic (exact) mass is 402 g/mol. The van der Waals surface area contributed by atoms with E-state index in [0.29, 0.717) is 22.6 Å². The number of methoxy groups -OCH3 is 1. The van der Waals surface area contributed by atoms with E-state index in [9.17, 15) is 5.26 Å². The maximum atomic E-state index is 9.28. The molecule has 1 aromatic carbocycles. The van der Waals surface area contributed by atoms with Crippen LogP contribution in [0.25, 0.3) is 0 Å². The highest BCUT2D eigenvalue weighted by atomic mass is 16.5. The summed E-state index contributed by atoms with van der Waals surface area (Å²) in [5.74, 6) is 0.777. The van der Waals surface area contributed by atoms with Gasteiger partial charge in [-0.05, 0) is 50.6 Å². The van der Waals surface area contributed by atoms with Crippen LogP contribution in [0.3, 0.4) is 0 Å². The molecule has 3 rings (SSSR count). The van der Waals surface area contributed by atoms with Gasteiger partial charge >= 0.3 is 0 Å². The zero-order chi connectivity index (χ0) is 21.8. The molecule has 0 saturated carbocycles. The summed E-state index contributed by atoms with van der Waals surface area (Å²) in [4.78, 5) is 4.10. The van der Waals surface area contributed by atoms with Crippen molar-refractivity contribution in [2.24, 2.45) is 0 Å². The molecule has 30 heavy (non-hydrogen) atoms. The topological polar surface area (TPSA) is 131 Å². The molecule has 0 amide bonds. The van der Waals surface area contributed by atoms with E-state index in [-0.39, 0.29) is 23.3 Å². The first kappa shape index (κ1) is 20.7. The van der Waals surface area contributed by atoms with Crippen molar-refractivity contribution < 1.29 is 9.47 Å². The van der Waals surface area contributed by atoms with Crippen LogP contribution in [-0.4, -0.2) is 28.0 Å². The van der Waals surface area contributed by atoms with Crippen molar-refractivity contribution >= 4 is 11.4 Å². The lowest BCUT2D eigenvalue weighted by Crippen LogP contribution is -2.11. The average Bonchev–Trinajstić information content (AvgIpc) is 2.74. The molecular weight excluding hydrogens is 380 g/mol. The van der Waals surface area contributed by atoms with Crippen molar-refractivity contribution in [3.05, 3.63) is 70.2 Å². The fourth-order valence-corrected chi connectivity index (χ4v) is 3.30. The van der Waals surface area contributed by atoms with E-state index in [0.717, 1.165) is 16.8 Å². The molecule has 3 aromatic rings. The third kappa shape index (κ3) is 4.05. The number of nitrogens with two attached hydrogens (primary N) is 1. The van der Waals surface area contributed by atoms with Crippen LogP contribution in [0.15, 0.2) is 36.7 Å². The SMILES string of the molecule is COc1ncc(C(=N)c2cc(O[C@H](C)c3c(C)cnnc3C)ccc2N)cc1C#N. The Morgan fingerprint density at radius 3 is 2.67 bits per heavy atom. The van der Waals surface area contributed by atoms with Crippen LogP contribution < -0.4 is 15.2 Å². The van der Waals surface area contributed by atoms with Crippen LogP contribution in [-0.2, 0) is 0 Å². The molecule has 0 spiro atoms. The molecule has 2 aromatic heterocycles. The number of rotatable bonds is 6. The van der Waals surface area contributed by atoms with Crippen molar-refractivity contribution in [1.82, 2.24) is 15.2 Å². The quantitative estimate of drug-likeness (QED) is 0.476. The summed E-state index contributed by atoms with van der Waals surface area (Å²) in [7, 11) is 1.44. The Labute approximate surface area is 174 Å². The molecule has 0 aliphatic heterocycles. The van der Waals surface area contributed by atoms with Crippen molar-refractivity contribution in [3.8, 4) is 17.7 Å². The van der Waals surface area contributed by atoms with Crippen LogP contribution in [0.4, 0.5) is 5.69 Å². The van der Waals surface area contributed by atoms with E-state index in [1.165, 1.54) is 13.3 Å². The van der Waals surface area contributed by atoms with Gasteiger partial charge < -0.3 is 15.2 Å². The molecule has 0 aliphatic carbocycles. The number of aromatic nitrogens is 3. The number of benzene rings is 1. The first-order chi connectivity index (χ1) is 14.3. The lowest BCUT2D eigenvalue weighted by atomic mass is 10.0. The van der Waals surface area contributed by atoms with Gasteiger partial charge in [0, 0.05) is 28.6 Å². The van der Waals surface area contributed by atoms with Gasteiger partial charge in [0.05, 0.1) is 24.7 Å². The van der Waals surface area contributed by atoms with E-state index < -0.39 is 0 Å². The number of nitrogens with zero attached hydrogens (tertiary/aromatic N) is 4. The third-order valence-corrected chi connectivity index (χ3v) is 4.74. The first-order valence-corrected chi connectivity index (χ1v) is 9.24. The Hall–Kier alpha value is -3.99. The molecular formula is C22H22N6O2. The lowest BCUT2D eigenvalue weighted by molar-refractivity contribution is 0.224. The lowest BCUT2D eigenvalue weighted by Gasteiger charge is -2.19. The molecule has 0 unspecified atom stereocenters. The molecule has 0 saturated heterocycles. The van der Waals surface area contributed by atoms with Crippen LogP contribution in [0, 0.1) is 30.6 Å². The highest BCUT2D eigenvalue weighted by Crippen LogP contribution is 2.29. The summed E-state index contributed by atoms with van der Waals surface area (Å²) >= 11 is 0. The second-order valence-electron chi connectivity index (χ2n) is 6.80. The van der Waals surface area contributed by atoms with Crippen molar-refractivity contribution in [2.75, 3.05) is 12.8 Å². The Morgan fingerprint density at radius 2 is 2.00 bits per heavy atom. The predicted molar refractivity (Wildman–Crippen MR) is 113 cm³/mol. The van der Waals surface area contributed by atoms with E-state index >= 15 is 0 Å². The molecule has 1 atom stereocenters. The molecule has 0 fully saturated rings. The molecule has 8 heteroatoms. The van der Waals surface area contributed by atoms with E-state index in [1.54, 1.807) is 30.5 Å². The Balaban J connectivity index is 1.92. The van der Waals surface area contributed by atoms with Gasteiger partial charge in [-0.3, -0.25) is 5.41 Å². The molecule has 0 bridgehead atoms. The maximum Gasteiger partial charge on any atom is 0.231 e. The number of nitriles is 1. The normalized spacial score (nSPS) is 11.4. The van der Waals surface area contributed by atoms with Crippen LogP contribution in [0.5, 0.6) is 11.6 Å². The van der Waals surface area contributed by atoms with Gasteiger partial charge in [0.1, 0.15) is 23.5 Å². The number of anilines is 1. The summed E-state index contributed by atoms with van der Waals surface area (Å²) in [6.45, 7) is 5.79. The molecule has 152 valence electrons. The number of pyridine rings is 1. The van der Waals surface area contributed by atoms with E-state index in [4.69, 9.17) is 20.6 Å². The number of hydrogen-bond acceptors (Lipinski definition) is 8. The second kappa shape index (κ2) is 8.57. The fraction of sp³-hybridized carbons (Fsp3) is 0.227. The Kier molecular flexibility index (Phi) is 5.93. The number of hydrogen-bond donors (Lipinski definition) is 2. The Bertz CT molecular complexity index is 1130. The standard InChI is InChI=1S/C22H22N6O2/c1-12-10-27-28-13(2)20(12)14(3)30-17-5-6-19(24)18(8-17)21(25)16-7-15(9-23)22(29-4)26-11-16/h5-8,10-11,14,25H,24H2,1-4H3/t14-/m1/s1.